The topological polar surface area (TPSA) is 23.5 Å². The van der Waals surface area contributed by atoms with Crippen molar-refractivity contribution in [3.63, 3.8) is 0 Å². The molecule has 0 aromatic rings. The fourth-order valence-electron chi connectivity index (χ4n) is 1.67. The molecule has 11 heavy (non-hydrogen) atoms. The van der Waals surface area contributed by atoms with E-state index in [0.717, 1.165) is 6.54 Å². The van der Waals surface area contributed by atoms with Crippen LogP contribution in [0.3, 0.4) is 0 Å². The van der Waals surface area contributed by atoms with Crippen LogP contribution in [0.15, 0.2) is 0 Å². The van der Waals surface area contributed by atoms with Crippen LogP contribution in [0.25, 0.3) is 0 Å². The lowest BCUT2D eigenvalue weighted by atomic mass is 10.1. The predicted molar refractivity (Wildman–Crippen MR) is 46.5 cm³/mol. The maximum absolute atomic E-state index is 8.91. The van der Waals surface area contributed by atoms with Crippen LogP contribution >= 0.6 is 0 Å². The summed E-state index contributed by atoms with van der Waals surface area (Å²) in [6.45, 7) is 7.13. The van der Waals surface area contributed by atoms with Crippen molar-refractivity contribution in [2.75, 3.05) is 19.7 Å². The van der Waals surface area contributed by atoms with Gasteiger partial charge >= 0.3 is 0 Å². The first-order valence-corrected chi connectivity index (χ1v) is 4.62. The van der Waals surface area contributed by atoms with Crippen LogP contribution < -0.4 is 0 Å². The SMILES string of the molecule is CCC(C)N1CCC(CO)C1. The second kappa shape index (κ2) is 4.07. The van der Waals surface area contributed by atoms with Crippen molar-refractivity contribution in [1.82, 2.24) is 4.90 Å². The number of hydrogen-bond acceptors (Lipinski definition) is 2. The van der Waals surface area contributed by atoms with Gasteiger partial charge in [0.1, 0.15) is 0 Å². The summed E-state index contributed by atoms with van der Waals surface area (Å²) >= 11 is 0. The van der Waals surface area contributed by atoms with Crippen molar-refractivity contribution >= 4 is 0 Å². The van der Waals surface area contributed by atoms with E-state index in [1.807, 2.05) is 0 Å². The lowest BCUT2D eigenvalue weighted by Crippen LogP contribution is -2.30. The van der Waals surface area contributed by atoms with Crippen molar-refractivity contribution in [2.24, 2.45) is 5.92 Å². The molecule has 0 aromatic carbocycles. The Balaban J connectivity index is 2.29. The van der Waals surface area contributed by atoms with Crippen molar-refractivity contribution < 1.29 is 5.11 Å². The summed E-state index contributed by atoms with van der Waals surface area (Å²) < 4.78 is 0. The van der Waals surface area contributed by atoms with Crippen LogP contribution in [-0.2, 0) is 0 Å². The number of aliphatic hydroxyl groups excluding tert-OH is 1. The highest BCUT2D eigenvalue weighted by atomic mass is 16.3. The highest BCUT2D eigenvalue weighted by Crippen LogP contribution is 2.18. The average molecular weight is 157 g/mol. The molecule has 1 N–H and O–H groups in total. The van der Waals surface area contributed by atoms with E-state index in [9.17, 15) is 0 Å². The second-order valence-electron chi connectivity index (χ2n) is 3.59. The van der Waals surface area contributed by atoms with Gasteiger partial charge in [0.15, 0.2) is 0 Å². The van der Waals surface area contributed by atoms with Gasteiger partial charge in [0.05, 0.1) is 0 Å². The first kappa shape index (κ1) is 9.01. The van der Waals surface area contributed by atoms with E-state index < -0.39 is 0 Å². The number of nitrogens with zero attached hydrogens (tertiary/aromatic N) is 1. The standard InChI is InChI=1S/C9H19NO/c1-3-8(2)10-5-4-9(6-10)7-11/h8-9,11H,3-7H2,1-2H3. The zero-order chi connectivity index (χ0) is 8.27. The number of hydrogen-bond donors (Lipinski definition) is 1. The molecule has 1 aliphatic heterocycles. The highest BCUT2D eigenvalue weighted by Gasteiger charge is 2.24. The second-order valence-corrected chi connectivity index (χ2v) is 3.59. The molecule has 0 amide bonds. The quantitative estimate of drug-likeness (QED) is 0.663. The van der Waals surface area contributed by atoms with Gasteiger partial charge in [-0.3, -0.25) is 0 Å². The minimum Gasteiger partial charge on any atom is -0.396 e. The Morgan fingerprint density at radius 2 is 2.36 bits per heavy atom. The normalized spacial score (nSPS) is 29.2. The third-order valence-electron chi connectivity index (χ3n) is 2.79. The maximum atomic E-state index is 8.91. The van der Waals surface area contributed by atoms with Crippen molar-refractivity contribution in [3.05, 3.63) is 0 Å². The smallest absolute Gasteiger partial charge is 0.0471 e. The Morgan fingerprint density at radius 1 is 1.64 bits per heavy atom. The molecule has 1 fully saturated rings. The molecule has 0 bridgehead atoms. The average Bonchev–Trinajstić information content (AvgIpc) is 2.50. The zero-order valence-electron chi connectivity index (χ0n) is 7.58. The van der Waals surface area contributed by atoms with E-state index in [1.54, 1.807) is 0 Å². The molecule has 0 saturated carbocycles. The summed E-state index contributed by atoms with van der Waals surface area (Å²) in [7, 11) is 0. The monoisotopic (exact) mass is 157 g/mol. The van der Waals surface area contributed by atoms with E-state index in [1.165, 1.54) is 19.4 Å². The lowest BCUT2D eigenvalue weighted by Gasteiger charge is -2.22. The molecule has 0 spiro atoms. The molecule has 2 unspecified atom stereocenters. The third kappa shape index (κ3) is 2.17. The summed E-state index contributed by atoms with van der Waals surface area (Å²) in [6.07, 6.45) is 2.40. The van der Waals surface area contributed by atoms with Gasteiger partial charge in [-0.05, 0) is 32.2 Å². The molecule has 2 atom stereocenters. The Kier molecular flexibility index (Phi) is 3.34. The predicted octanol–water partition coefficient (Wildman–Crippen LogP) is 1.10. The molecular formula is C9H19NO. The van der Waals surface area contributed by atoms with E-state index in [-0.39, 0.29) is 0 Å². The van der Waals surface area contributed by atoms with Gasteiger partial charge in [-0.15, -0.1) is 0 Å². The molecule has 0 aliphatic carbocycles. The molecule has 1 aliphatic rings. The molecular weight excluding hydrogens is 138 g/mol. The molecule has 0 aromatic heterocycles. The van der Waals surface area contributed by atoms with Gasteiger partial charge in [-0.25, -0.2) is 0 Å². The van der Waals surface area contributed by atoms with Crippen molar-refractivity contribution in [1.29, 1.82) is 0 Å². The minimum atomic E-state index is 0.368. The van der Waals surface area contributed by atoms with Gasteiger partial charge in [-0.2, -0.15) is 0 Å². The third-order valence-corrected chi connectivity index (χ3v) is 2.79. The fraction of sp³-hybridized carbons (Fsp3) is 1.00. The molecule has 0 radical (unpaired) electrons. The van der Waals surface area contributed by atoms with Crippen LogP contribution in [0.2, 0.25) is 0 Å². The number of aliphatic hydroxyl groups is 1. The van der Waals surface area contributed by atoms with Gasteiger partial charge in [-0.1, -0.05) is 6.92 Å². The van der Waals surface area contributed by atoms with Crippen LogP contribution in [0, 0.1) is 5.92 Å². The molecule has 1 rings (SSSR count). The summed E-state index contributed by atoms with van der Waals surface area (Å²) in [5.74, 6) is 0.545. The maximum Gasteiger partial charge on any atom is 0.0471 e. The first-order valence-electron chi connectivity index (χ1n) is 4.62. The van der Waals surface area contributed by atoms with Crippen LogP contribution in [-0.4, -0.2) is 35.7 Å². The zero-order valence-corrected chi connectivity index (χ0v) is 7.58. The summed E-state index contributed by atoms with van der Waals surface area (Å²) in [6, 6.07) is 0.701. The molecule has 2 heteroatoms. The Labute approximate surface area is 69.2 Å². The van der Waals surface area contributed by atoms with Gasteiger partial charge < -0.3 is 10.0 Å². The molecule has 1 heterocycles. The molecule has 66 valence electrons. The van der Waals surface area contributed by atoms with E-state index in [4.69, 9.17) is 5.11 Å². The van der Waals surface area contributed by atoms with Crippen LogP contribution in [0.5, 0.6) is 0 Å². The Bertz CT molecular complexity index is 116. The number of likely N-dealkylation sites (tertiary alicyclic amines) is 1. The van der Waals surface area contributed by atoms with E-state index in [0.29, 0.717) is 18.6 Å². The van der Waals surface area contributed by atoms with E-state index >= 15 is 0 Å². The first-order chi connectivity index (χ1) is 5.27. The van der Waals surface area contributed by atoms with E-state index in [2.05, 4.69) is 18.7 Å². The van der Waals surface area contributed by atoms with Gasteiger partial charge in [0, 0.05) is 19.2 Å². The minimum absolute atomic E-state index is 0.368. The highest BCUT2D eigenvalue weighted by molar-refractivity contribution is 4.78. The fourth-order valence-corrected chi connectivity index (χ4v) is 1.67. The van der Waals surface area contributed by atoms with Crippen molar-refractivity contribution in [3.8, 4) is 0 Å². The number of rotatable bonds is 3. The molecule has 1 saturated heterocycles. The van der Waals surface area contributed by atoms with Crippen LogP contribution in [0.1, 0.15) is 26.7 Å². The van der Waals surface area contributed by atoms with Crippen LogP contribution in [0.4, 0.5) is 0 Å². The lowest BCUT2D eigenvalue weighted by molar-refractivity contribution is 0.202. The largest absolute Gasteiger partial charge is 0.396 e. The summed E-state index contributed by atoms with van der Waals surface area (Å²) in [4.78, 5) is 2.47. The summed E-state index contributed by atoms with van der Waals surface area (Å²) in [5.41, 5.74) is 0. The van der Waals surface area contributed by atoms with Gasteiger partial charge in [0.25, 0.3) is 0 Å². The summed E-state index contributed by atoms with van der Waals surface area (Å²) in [5, 5.41) is 8.91. The van der Waals surface area contributed by atoms with Gasteiger partial charge in [0.2, 0.25) is 0 Å². The Hall–Kier alpha value is -0.0800. The molecule has 2 nitrogen and oxygen atoms in total. The van der Waals surface area contributed by atoms with Crippen molar-refractivity contribution in [2.45, 2.75) is 32.7 Å². The Morgan fingerprint density at radius 3 is 2.82 bits per heavy atom.